The van der Waals surface area contributed by atoms with Crippen molar-refractivity contribution in [3.8, 4) is 5.75 Å². The third-order valence-corrected chi connectivity index (χ3v) is 7.28. The zero-order chi connectivity index (χ0) is 25.7. The van der Waals surface area contributed by atoms with E-state index >= 15 is 0 Å². The van der Waals surface area contributed by atoms with Crippen molar-refractivity contribution >= 4 is 38.6 Å². The van der Waals surface area contributed by atoms with Crippen LogP contribution in [0.3, 0.4) is 0 Å². The third-order valence-electron chi connectivity index (χ3n) is 6.79. The number of hydrogen-bond donors (Lipinski definition) is 2. The highest BCUT2D eigenvalue weighted by molar-refractivity contribution is 9.10. The van der Waals surface area contributed by atoms with Gasteiger partial charge in [0.1, 0.15) is 11.6 Å². The number of nitrogen functional groups attached to an aromatic ring is 1. The molecule has 0 atom stereocenters. The van der Waals surface area contributed by atoms with Gasteiger partial charge in [0.25, 0.3) is 0 Å². The number of halogens is 4. The number of fused-ring (bicyclic) bond motifs is 1. The van der Waals surface area contributed by atoms with Gasteiger partial charge in [0.2, 0.25) is 5.95 Å². The first-order valence-electron chi connectivity index (χ1n) is 12.2. The van der Waals surface area contributed by atoms with E-state index in [0.717, 1.165) is 56.1 Å². The van der Waals surface area contributed by atoms with Crippen molar-refractivity contribution in [2.75, 3.05) is 30.8 Å². The summed E-state index contributed by atoms with van der Waals surface area (Å²) in [5.74, 6) is 1.60. The Hall–Kier alpha value is -2.59. The molecule has 1 aliphatic rings. The molecule has 0 aliphatic heterocycles. The van der Waals surface area contributed by atoms with Crippen LogP contribution in [0.15, 0.2) is 46.9 Å². The number of alkyl halides is 3. The van der Waals surface area contributed by atoms with E-state index in [9.17, 15) is 13.2 Å². The van der Waals surface area contributed by atoms with Crippen LogP contribution in [0.4, 0.5) is 24.9 Å². The monoisotopic (exact) mass is 565 g/mol. The average molecular weight is 566 g/mol. The summed E-state index contributed by atoms with van der Waals surface area (Å²) in [6, 6.07) is 12.9. The fourth-order valence-electron chi connectivity index (χ4n) is 4.81. The topological polar surface area (TPSA) is 76.3 Å². The maximum atomic E-state index is 12.7. The second-order valence-electron chi connectivity index (χ2n) is 9.32. The highest BCUT2D eigenvalue weighted by atomic mass is 79.9. The fourth-order valence-corrected chi connectivity index (χ4v) is 5.15. The number of para-hydroxylation sites is 1. The van der Waals surface area contributed by atoms with Crippen molar-refractivity contribution in [1.29, 1.82) is 0 Å². The second-order valence-corrected chi connectivity index (χ2v) is 10.2. The van der Waals surface area contributed by atoms with Crippen LogP contribution in [0.25, 0.3) is 10.9 Å². The highest BCUT2D eigenvalue weighted by Crippen LogP contribution is 2.31. The first kappa shape index (κ1) is 26.5. The Balaban J connectivity index is 1.20. The molecule has 0 spiro atoms. The van der Waals surface area contributed by atoms with Gasteiger partial charge >= 0.3 is 6.36 Å². The van der Waals surface area contributed by atoms with Crippen LogP contribution < -0.4 is 20.7 Å². The van der Waals surface area contributed by atoms with Gasteiger partial charge in [-0.3, -0.25) is 0 Å². The lowest BCUT2D eigenvalue weighted by molar-refractivity contribution is -0.274. The number of hydrogen-bond acceptors (Lipinski definition) is 6. The lowest BCUT2D eigenvalue weighted by Gasteiger charge is -2.35. The number of aryl methyl sites for hydroxylation is 1. The van der Waals surface area contributed by atoms with Crippen molar-refractivity contribution in [1.82, 2.24) is 15.3 Å². The number of nitrogens with two attached hydrogens (primary N) is 1. The van der Waals surface area contributed by atoms with Crippen LogP contribution in [0.5, 0.6) is 5.75 Å². The van der Waals surface area contributed by atoms with E-state index in [0.29, 0.717) is 40.2 Å². The van der Waals surface area contributed by atoms with Crippen molar-refractivity contribution < 1.29 is 17.9 Å². The summed E-state index contributed by atoms with van der Waals surface area (Å²) < 4.78 is 42.8. The number of nitrogens with zero attached hydrogens (tertiary/aromatic N) is 3. The van der Waals surface area contributed by atoms with Crippen molar-refractivity contribution in [2.45, 2.75) is 50.9 Å². The van der Waals surface area contributed by atoms with Gasteiger partial charge in [-0.05, 0) is 87.4 Å². The summed E-state index contributed by atoms with van der Waals surface area (Å²) in [5.41, 5.74) is 7.56. The standard InChI is InChI=1S/C26H31BrF3N5O/c1-35(25-33-22-7-3-2-6-21(22)24(31)34-25)20-12-8-17(9-13-20)16-32-14-4-5-18-10-11-19(27)15-23(18)36-26(28,29)30/h2-3,6-7,10-11,15,17,20,32H,4-5,8-9,12-14,16H2,1H3,(H2,31,33,34). The molecule has 0 radical (unpaired) electrons. The fraction of sp³-hybridized carbons (Fsp3) is 0.462. The minimum Gasteiger partial charge on any atom is -0.405 e. The van der Waals surface area contributed by atoms with Gasteiger partial charge in [-0.2, -0.15) is 4.98 Å². The lowest BCUT2D eigenvalue weighted by atomic mass is 9.85. The molecule has 3 N–H and O–H groups in total. The van der Waals surface area contributed by atoms with Crippen LogP contribution in [0.1, 0.15) is 37.7 Å². The SMILES string of the molecule is CN(c1nc(N)c2ccccc2n1)C1CCC(CNCCCc2ccc(Br)cc2OC(F)(F)F)CC1. The highest BCUT2D eigenvalue weighted by Gasteiger charge is 2.32. The summed E-state index contributed by atoms with van der Waals surface area (Å²) in [6.45, 7) is 1.65. The average Bonchev–Trinajstić information content (AvgIpc) is 2.84. The molecule has 1 aromatic heterocycles. The summed E-state index contributed by atoms with van der Waals surface area (Å²) in [5, 5.41) is 4.35. The van der Waals surface area contributed by atoms with Gasteiger partial charge in [-0.15, -0.1) is 13.2 Å². The molecule has 36 heavy (non-hydrogen) atoms. The molecule has 1 fully saturated rings. The second kappa shape index (κ2) is 11.6. The Morgan fingerprint density at radius 3 is 2.61 bits per heavy atom. The molecule has 0 amide bonds. The van der Waals surface area contributed by atoms with Gasteiger partial charge in [-0.1, -0.05) is 34.1 Å². The van der Waals surface area contributed by atoms with E-state index in [2.05, 4.69) is 35.9 Å². The number of rotatable bonds is 9. The van der Waals surface area contributed by atoms with Crippen molar-refractivity contribution in [3.05, 3.63) is 52.5 Å². The Kier molecular flexibility index (Phi) is 8.56. The van der Waals surface area contributed by atoms with Gasteiger partial charge in [0, 0.05) is 22.9 Å². The molecular formula is C26H31BrF3N5O. The minimum atomic E-state index is -4.70. The molecule has 2 aromatic carbocycles. The van der Waals surface area contributed by atoms with Crippen LogP contribution in [-0.2, 0) is 6.42 Å². The molecule has 0 unspecified atom stereocenters. The normalized spacial score (nSPS) is 18.4. The number of benzene rings is 2. The molecule has 194 valence electrons. The number of nitrogens with one attached hydrogen (secondary N) is 1. The number of anilines is 2. The van der Waals surface area contributed by atoms with E-state index in [1.165, 1.54) is 6.07 Å². The Morgan fingerprint density at radius 1 is 1.11 bits per heavy atom. The Bertz CT molecular complexity index is 1170. The maximum Gasteiger partial charge on any atom is 0.573 e. The van der Waals surface area contributed by atoms with Crippen LogP contribution >= 0.6 is 15.9 Å². The molecule has 4 rings (SSSR count). The van der Waals surface area contributed by atoms with E-state index in [1.54, 1.807) is 12.1 Å². The van der Waals surface area contributed by atoms with Gasteiger partial charge in [0.05, 0.1) is 5.52 Å². The maximum absolute atomic E-state index is 12.7. The summed E-state index contributed by atoms with van der Waals surface area (Å²) in [6.07, 6.45) is 0.842. The zero-order valence-corrected chi connectivity index (χ0v) is 21.8. The lowest BCUT2D eigenvalue weighted by Crippen LogP contribution is -2.38. The number of aromatic nitrogens is 2. The van der Waals surface area contributed by atoms with Gasteiger partial charge in [-0.25, -0.2) is 4.98 Å². The molecule has 1 saturated carbocycles. The van der Waals surface area contributed by atoms with E-state index in [1.807, 2.05) is 31.3 Å². The molecular weight excluding hydrogens is 535 g/mol. The quantitative estimate of drug-likeness (QED) is 0.306. The van der Waals surface area contributed by atoms with Gasteiger partial charge in [0.15, 0.2) is 0 Å². The minimum absolute atomic E-state index is 0.142. The largest absolute Gasteiger partial charge is 0.573 e. The first-order valence-corrected chi connectivity index (χ1v) is 13.0. The smallest absolute Gasteiger partial charge is 0.405 e. The van der Waals surface area contributed by atoms with E-state index < -0.39 is 6.36 Å². The molecule has 3 aromatic rings. The third kappa shape index (κ3) is 7.00. The number of ether oxygens (including phenoxy) is 1. The zero-order valence-electron chi connectivity index (χ0n) is 20.2. The molecule has 0 saturated heterocycles. The van der Waals surface area contributed by atoms with Crippen LogP contribution in [0.2, 0.25) is 0 Å². The van der Waals surface area contributed by atoms with Crippen LogP contribution in [-0.4, -0.2) is 42.5 Å². The molecule has 6 nitrogen and oxygen atoms in total. The molecule has 0 bridgehead atoms. The summed E-state index contributed by atoms with van der Waals surface area (Å²) in [7, 11) is 2.03. The summed E-state index contributed by atoms with van der Waals surface area (Å²) in [4.78, 5) is 11.4. The predicted molar refractivity (Wildman–Crippen MR) is 140 cm³/mol. The Morgan fingerprint density at radius 2 is 1.86 bits per heavy atom. The molecule has 1 heterocycles. The Labute approximate surface area is 217 Å². The van der Waals surface area contributed by atoms with Crippen molar-refractivity contribution in [3.63, 3.8) is 0 Å². The molecule has 10 heteroatoms. The summed E-state index contributed by atoms with van der Waals surface area (Å²) >= 11 is 3.20. The van der Waals surface area contributed by atoms with Crippen molar-refractivity contribution in [2.24, 2.45) is 5.92 Å². The molecule has 1 aliphatic carbocycles. The first-order chi connectivity index (χ1) is 17.2. The van der Waals surface area contributed by atoms with Gasteiger partial charge < -0.3 is 20.7 Å². The predicted octanol–water partition coefficient (Wildman–Crippen LogP) is 6.09. The van der Waals surface area contributed by atoms with Crippen LogP contribution in [0, 0.1) is 5.92 Å². The van der Waals surface area contributed by atoms with E-state index in [-0.39, 0.29) is 5.75 Å². The van der Waals surface area contributed by atoms with E-state index in [4.69, 9.17) is 10.7 Å².